The smallest absolute Gasteiger partial charge is 0.219 e. The predicted molar refractivity (Wildman–Crippen MR) is 180 cm³/mol. The Hall–Kier alpha value is -1.45. The Balaban J connectivity index is 0.000000806. The van der Waals surface area contributed by atoms with Crippen LogP contribution in [0.4, 0.5) is 0 Å². The van der Waals surface area contributed by atoms with Crippen LogP contribution in [0, 0.1) is 0 Å². The van der Waals surface area contributed by atoms with Crippen molar-refractivity contribution in [2.75, 3.05) is 46.2 Å². The van der Waals surface area contributed by atoms with E-state index in [2.05, 4.69) is 4.74 Å². The molecule has 0 unspecified atom stereocenters. The summed E-state index contributed by atoms with van der Waals surface area (Å²) >= 11 is 0. The van der Waals surface area contributed by atoms with Gasteiger partial charge in [0.1, 0.15) is 116 Å². The SMILES string of the molecule is O=C[C@@H](O)[C@@H](O)[C@H](O)[C@H](O)CO.OC[C@@H](O)[C@@H](O)[C@H](O)[C@H](O)CO.OC[C@H]1O[C@@H](O[C@H]2[C@H](O)[C@@H](O)[C@H](O)O[C@@H]2CO)[C@H](O)[C@@H](O)[C@H]1O.OC[C@H]1O[C@](O)(CO)[C@@H](O)[C@@H]1O. The van der Waals surface area contributed by atoms with Crippen molar-refractivity contribution in [2.24, 2.45) is 0 Å². The van der Waals surface area contributed by atoms with Crippen LogP contribution in [0.1, 0.15) is 0 Å². The van der Waals surface area contributed by atoms with Crippen molar-refractivity contribution in [3.8, 4) is 0 Å². The van der Waals surface area contributed by atoms with Crippen molar-refractivity contribution >= 4 is 6.29 Å². The van der Waals surface area contributed by atoms with Gasteiger partial charge in [0.15, 0.2) is 18.9 Å². The zero-order valence-corrected chi connectivity index (χ0v) is 30.9. The molecule has 3 saturated heterocycles. The fourth-order valence-electron chi connectivity index (χ4n) is 5.01. The van der Waals surface area contributed by atoms with E-state index < -0.39 is 181 Å². The highest BCUT2D eigenvalue weighted by Gasteiger charge is 2.53. The van der Waals surface area contributed by atoms with Crippen LogP contribution < -0.4 is 0 Å². The van der Waals surface area contributed by atoms with Gasteiger partial charge in [-0.15, -0.1) is 0 Å². The minimum Gasteiger partial charge on any atom is -0.394 e. The van der Waals surface area contributed by atoms with Crippen molar-refractivity contribution in [3.05, 3.63) is 0 Å². The average molecular weight is 885 g/mol. The van der Waals surface area contributed by atoms with Crippen LogP contribution in [0.25, 0.3) is 0 Å². The molecule has 0 aliphatic carbocycles. The van der Waals surface area contributed by atoms with Crippen molar-refractivity contribution in [1.29, 1.82) is 0 Å². The summed E-state index contributed by atoms with van der Waals surface area (Å²) in [6.45, 7) is -4.92. The van der Waals surface area contributed by atoms with E-state index in [1.807, 2.05) is 0 Å². The molecule has 354 valence electrons. The van der Waals surface area contributed by atoms with E-state index in [0.717, 1.165) is 0 Å². The molecule has 0 spiro atoms. The summed E-state index contributed by atoms with van der Waals surface area (Å²) < 4.78 is 19.9. The van der Waals surface area contributed by atoms with Crippen molar-refractivity contribution < 1.29 is 146 Å². The van der Waals surface area contributed by atoms with Crippen LogP contribution in [0.2, 0.25) is 0 Å². The molecule has 22 atom stereocenters. The maximum atomic E-state index is 9.94. The summed E-state index contributed by atoms with van der Waals surface area (Å²) in [6.07, 6.45) is -32.8. The minimum absolute atomic E-state index is 0.0258. The zero-order valence-electron chi connectivity index (χ0n) is 30.9. The molecule has 0 saturated carbocycles. The monoisotopic (exact) mass is 884 g/mol. The molecule has 3 heterocycles. The van der Waals surface area contributed by atoms with E-state index in [1.54, 1.807) is 0 Å². The van der Waals surface area contributed by atoms with Gasteiger partial charge in [0.25, 0.3) is 0 Å². The van der Waals surface area contributed by atoms with Crippen LogP contribution in [0.5, 0.6) is 0 Å². The molecule has 3 fully saturated rings. The molecule has 24 N–H and O–H groups in total. The van der Waals surface area contributed by atoms with Gasteiger partial charge in [-0.2, -0.15) is 0 Å². The number of aliphatic hydroxyl groups is 24. The van der Waals surface area contributed by atoms with Gasteiger partial charge < -0.3 is 146 Å². The lowest BCUT2D eigenvalue weighted by Gasteiger charge is -2.45. The lowest BCUT2D eigenvalue weighted by molar-refractivity contribution is -0.355. The lowest BCUT2D eigenvalue weighted by Crippen LogP contribution is -2.64. The molecular formula is C30H60O29. The molecule has 59 heavy (non-hydrogen) atoms. The molecular weight excluding hydrogens is 824 g/mol. The van der Waals surface area contributed by atoms with Crippen LogP contribution in [-0.4, -0.2) is 309 Å². The van der Waals surface area contributed by atoms with Gasteiger partial charge in [-0.05, 0) is 0 Å². The first-order valence-electron chi connectivity index (χ1n) is 17.4. The van der Waals surface area contributed by atoms with Gasteiger partial charge in [0.2, 0.25) is 5.79 Å². The number of hydrogen-bond donors (Lipinski definition) is 24. The van der Waals surface area contributed by atoms with Gasteiger partial charge in [-0.25, -0.2) is 0 Å². The van der Waals surface area contributed by atoms with Gasteiger partial charge in [0.05, 0.1) is 46.2 Å². The molecule has 0 bridgehead atoms. The Bertz CT molecular complexity index is 1090. The summed E-state index contributed by atoms with van der Waals surface area (Å²) in [7, 11) is 0. The van der Waals surface area contributed by atoms with Crippen molar-refractivity contribution in [1.82, 2.24) is 0 Å². The van der Waals surface area contributed by atoms with Gasteiger partial charge in [-0.1, -0.05) is 0 Å². The number of carbonyl (C=O) groups is 1. The highest BCUT2D eigenvalue weighted by molar-refractivity contribution is 5.56. The Morgan fingerprint density at radius 2 is 0.966 bits per heavy atom. The number of rotatable bonds is 16. The third kappa shape index (κ3) is 16.0. The van der Waals surface area contributed by atoms with E-state index in [4.69, 9.17) is 95.9 Å². The molecule has 3 rings (SSSR count). The summed E-state index contributed by atoms with van der Waals surface area (Å²) in [4.78, 5) is 9.90. The van der Waals surface area contributed by atoms with Crippen LogP contribution in [-0.2, 0) is 23.7 Å². The maximum Gasteiger partial charge on any atom is 0.219 e. The topological polar surface area (TPSA) is 540 Å². The summed E-state index contributed by atoms with van der Waals surface area (Å²) in [5.41, 5.74) is 0. The van der Waals surface area contributed by atoms with Crippen molar-refractivity contribution in [2.45, 2.75) is 134 Å². The fraction of sp³-hybridized carbons (Fsp3) is 0.967. The molecule has 0 aromatic heterocycles. The highest BCUT2D eigenvalue weighted by atomic mass is 16.7. The van der Waals surface area contributed by atoms with Gasteiger partial charge >= 0.3 is 0 Å². The number of aliphatic hydroxyl groups excluding tert-OH is 23. The minimum atomic E-state index is -2.16. The van der Waals surface area contributed by atoms with Gasteiger partial charge in [0, 0.05) is 0 Å². The number of carbonyl (C=O) groups excluding carboxylic acids is 1. The Morgan fingerprint density at radius 1 is 0.525 bits per heavy atom. The summed E-state index contributed by atoms with van der Waals surface area (Å²) in [5.74, 6) is -2.16. The van der Waals surface area contributed by atoms with Crippen molar-refractivity contribution in [3.63, 3.8) is 0 Å². The largest absolute Gasteiger partial charge is 0.394 e. The molecule has 0 amide bonds. The average Bonchev–Trinajstić information content (AvgIpc) is 3.48. The third-order valence-electron chi connectivity index (χ3n) is 8.84. The third-order valence-corrected chi connectivity index (χ3v) is 8.84. The summed E-state index contributed by atoms with van der Waals surface area (Å²) in [6, 6.07) is 0. The molecule has 29 heteroatoms. The molecule has 29 nitrogen and oxygen atoms in total. The predicted octanol–water partition coefficient (Wildman–Crippen LogP) is -15.6. The second kappa shape index (κ2) is 27.6. The zero-order chi connectivity index (χ0) is 46.1. The van der Waals surface area contributed by atoms with Crippen LogP contribution in [0.15, 0.2) is 0 Å². The Kier molecular flexibility index (Phi) is 26.9. The van der Waals surface area contributed by atoms with E-state index in [-0.39, 0.29) is 6.29 Å². The van der Waals surface area contributed by atoms with E-state index in [9.17, 15) is 45.6 Å². The van der Waals surface area contributed by atoms with E-state index in [1.165, 1.54) is 0 Å². The normalized spacial score (nSPS) is 38.6. The molecule has 0 aromatic carbocycles. The van der Waals surface area contributed by atoms with Crippen LogP contribution >= 0.6 is 0 Å². The first-order valence-corrected chi connectivity index (χ1v) is 17.4. The molecule has 0 radical (unpaired) electrons. The molecule has 3 aliphatic heterocycles. The second-order valence-corrected chi connectivity index (χ2v) is 13.1. The Morgan fingerprint density at radius 3 is 1.32 bits per heavy atom. The first-order chi connectivity index (χ1) is 27.4. The van der Waals surface area contributed by atoms with E-state index >= 15 is 0 Å². The second-order valence-electron chi connectivity index (χ2n) is 13.1. The number of hydrogen-bond acceptors (Lipinski definition) is 29. The first kappa shape index (κ1) is 57.5. The summed E-state index contributed by atoms with van der Waals surface area (Å²) in [5, 5.41) is 217. The molecule has 3 aliphatic rings. The van der Waals surface area contributed by atoms with Crippen LogP contribution in [0.3, 0.4) is 0 Å². The fourth-order valence-corrected chi connectivity index (χ4v) is 5.01. The lowest BCUT2D eigenvalue weighted by atomic mass is 9.97. The van der Waals surface area contributed by atoms with E-state index in [0.29, 0.717) is 0 Å². The van der Waals surface area contributed by atoms with Gasteiger partial charge in [-0.3, -0.25) is 0 Å². The maximum absolute atomic E-state index is 9.94. The quantitative estimate of drug-likeness (QED) is 0.0640. The highest BCUT2D eigenvalue weighted by Crippen LogP contribution is 2.29. The number of ether oxygens (including phenoxy) is 4. The number of aldehydes is 1. The standard InChI is InChI=1S/C12H22O11.C6H12O6.C6H14O6.C6H12O6/c13-1-3-5(15)6(16)9(19)12(22-3)23-10-4(2-14)21-11(20)8(18)7(10)17;7-1-3-4(9)5(10)6(11,2-8)12-3;2*7-1-3(9)5(11)6(12)4(10)2-8/h3-20H,1-2H2;3-5,7-11H,1-2H2;3-12H,1-2H2;1,3-6,8-12H,2H2/t3-,4-,5+,6+,7-,8-,9-,10-,11-,12+;3-,4-,5+,6-;2*3-,4-,5-,6-/m1111/s1. The Labute approximate surface area is 333 Å². The molecule has 0 aromatic rings.